The highest BCUT2D eigenvalue weighted by Gasteiger charge is 2.57. The van der Waals surface area contributed by atoms with E-state index in [9.17, 15) is 0 Å². The molecular formula is C64H36N2. The third-order valence-electron chi connectivity index (χ3n) is 16.4. The summed E-state index contributed by atoms with van der Waals surface area (Å²) in [6.07, 6.45) is 0. The molecule has 17 rings (SSSR count). The van der Waals surface area contributed by atoms with E-state index < -0.39 is 10.8 Å². The van der Waals surface area contributed by atoms with Crippen molar-refractivity contribution in [3.8, 4) is 33.6 Å². The minimum atomic E-state index is -0.634. The molecule has 2 spiro atoms. The zero-order valence-electron chi connectivity index (χ0n) is 35.7. The van der Waals surface area contributed by atoms with Crippen molar-refractivity contribution in [2.45, 2.75) is 10.8 Å². The van der Waals surface area contributed by atoms with Crippen molar-refractivity contribution in [2.75, 3.05) is 0 Å². The minimum absolute atomic E-state index is 0.634. The molecule has 2 aromatic heterocycles. The second-order valence-corrected chi connectivity index (χ2v) is 19.0. The van der Waals surface area contributed by atoms with Crippen LogP contribution in [0.1, 0.15) is 44.5 Å². The van der Waals surface area contributed by atoms with Crippen molar-refractivity contribution in [2.24, 2.45) is 0 Å². The number of hydrogen-bond donors (Lipinski definition) is 0. The summed E-state index contributed by atoms with van der Waals surface area (Å²) in [5.41, 5.74) is 22.3. The third-order valence-corrected chi connectivity index (χ3v) is 16.4. The van der Waals surface area contributed by atoms with E-state index in [2.05, 4.69) is 228 Å². The molecule has 2 nitrogen and oxygen atoms in total. The topological polar surface area (TPSA) is 9.86 Å². The van der Waals surface area contributed by atoms with E-state index in [-0.39, 0.29) is 0 Å². The van der Waals surface area contributed by atoms with Gasteiger partial charge in [0.1, 0.15) is 0 Å². The molecule has 0 N–H and O–H groups in total. The molecule has 0 radical (unpaired) electrons. The number of fused-ring (bicyclic) bond motifs is 28. The van der Waals surface area contributed by atoms with Crippen LogP contribution < -0.4 is 0 Å². The molecule has 4 heterocycles. The first-order valence-electron chi connectivity index (χ1n) is 23.3. The number of rotatable bonds is 0. The van der Waals surface area contributed by atoms with Crippen molar-refractivity contribution in [1.29, 1.82) is 0 Å². The summed E-state index contributed by atoms with van der Waals surface area (Å²) >= 11 is 0. The van der Waals surface area contributed by atoms with Crippen molar-refractivity contribution in [3.63, 3.8) is 0 Å². The fourth-order valence-corrected chi connectivity index (χ4v) is 14.2. The van der Waals surface area contributed by atoms with Crippen LogP contribution in [0.15, 0.2) is 218 Å². The summed E-state index contributed by atoms with van der Waals surface area (Å²) in [5, 5.41) is 10.2. The van der Waals surface area contributed by atoms with E-state index in [1.807, 2.05) is 0 Å². The number of aromatic nitrogens is 2. The van der Waals surface area contributed by atoms with Gasteiger partial charge in [-0.2, -0.15) is 0 Å². The highest BCUT2D eigenvalue weighted by atomic mass is 15.0. The van der Waals surface area contributed by atoms with Crippen molar-refractivity contribution >= 4 is 65.2 Å². The van der Waals surface area contributed by atoms with Gasteiger partial charge in [0, 0.05) is 32.7 Å². The summed E-state index contributed by atoms with van der Waals surface area (Å²) in [5.74, 6) is 0. The Kier molecular flexibility index (Phi) is 5.89. The maximum Gasteiger partial charge on any atom is 0.0761 e. The van der Waals surface area contributed by atoms with Crippen LogP contribution in [0.5, 0.6) is 0 Å². The fraction of sp³-hybridized carbons (Fsp3) is 0.0312. The average Bonchev–Trinajstić information content (AvgIpc) is 4.07. The Morgan fingerprint density at radius 3 is 0.924 bits per heavy atom. The van der Waals surface area contributed by atoms with Crippen molar-refractivity contribution < 1.29 is 0 Å². The molecule has 0 amide bonds. The zero-order valence-corrected chi connectivity index (χ0v) is 35.7. The van der Waals surface area contributed by atoms with Crippen LogP contribution in [0.4, 0.5) is 0 Å². The van der Waals surface area contributed by atoms with Crippen LogP contribution in [-0.4, -0.2) is 9.13 Å². The van der Waals surface area contributed by atoms with Crippen LogP contribution in [0.3, 0.4) is 0 Å². The fourth-order valence-electron chi connectivity index (χ4n) is 14.2. The Bertz CT molecular complexity index is 4040. The highest BCUT2D eigenvalue weighted by molar-refractivity contribution is 6.29. The third kappa shape index (κ3) is 3.56. The lowest BCUT2D eigenvalue weighted by atomic mass is 9.61. The lowest BCUT2D eigenvalue weighted by Crippen LogP contribution is -2.36. The van der Waals surface area contributed by atoms with E-state index in [0.717, 1.165) is 0 Å². The molecule has 2 heteroatoms. The lowest BCUT2D eigenvalue weighted by Gasteiger charge is -2.43. The van der Waals surface area contributed by atoms with Crippen molar-refractivity contribution in [1.82, 2.24) is 9.13 Å². The average molecular weight is 833 g/mol. The van der Waals surface area contributed by atoms with Crippen LogP contribution >= 0.6 is 0 Å². The monoisotopic (exact) mass is 832 g/mol. The first kappa shape index (κ1) is 34.0. The molecule has 302 valence electrons. The molecule has 0 fully saturated rings. The molecule has 2 aliphatic carbocycles. The Hall–Kier alpha value is -8.46. The first-order valence-corrected chi connectivity index (χ1v) is 23.3. The Labute approximate surface area is 379 Å². The smallest absolute Gasteiger partial charge is 0.0761 e. The summed E-state index contributed by atoms with van der Waals surface area (Å²) in [4.78, 5) is 0. The van der Waals surface area contributed by atoms with Gasteiger partial charge >= 0.3 is 0 Å². The van der Waals surface area contributed by atoms with E-state index in [4.69, 9.17) is 0 Å². The minimum Gasteiger partial charge on any atom is -0.309 e. The van der Waals surface area contributed by atoms with Gasteiger partial charge in [-0.3, -0.25) is 0 Å². The molecule has 0 bridgehead atoms. The van der Waals surface area contributed by atoms with Crippen LogP contribution in [-0.2, 0) is 10.8 Å². The van der Waals surface area contributed by atoms with Gasteiger partial charge in [0.15, 0.2) is 0 Å². The Balaban J connectivity index is 1.27. The van der Waals surface area contributed by atoms with Gasteiger partial charge in [0.2, 0.25) is 0 Å². The number of nitrogens with zero attached hydrogens (tertiary/aromatic N) is 2. The van der Waals surface area contributed by atoms with Crippen LogP contribution in [0, 0.1) is 0 Å². The summed E-state index contributed by atoms with van der Waals surface area (Å²) < 4.78 is 5.38. The van der Waals surface area contributed by atoms with E-state index in [1.54, 1.807) is 0 Å². The number of para-hydroxylation sites is 2. The molecule has 0 atom stereocenters. The summed E-state index contributed by atoms with van der Waals surface area (Å²) in [6.45, 7) is 0. The molecule has 66 heavy (non-hydrogen) atoms. The van der Waals surface area contributed by atoms with Gasteiger partial charge in [-0.25, -0.2) is 0 Å². The number of hydrogen-bond acceptors (Lipinski definition) is 0. The molecule has 0 saturated carbocycles. The maximum absolute atomic E-state index is 2.69. The van der Waals surface area contributed by atoms with Crippen LogP contribution in [0.2, 0.25) is 0 Å². The predicted octanol–water partition coefficient (Wildman–Crippen LogP) is 15.5. The van der Waals surface area contributed by atoms with Gasteiger partial charge in [-0.05, 0) is 114 Å². The van der Waals surface area contributed by atoms with Gasteiger partial charge in [0.25, 0.3) is 0 Å². The van der Waals surface area contributed by atoms with Gasteiger partial charge in [-0.15, -0.1) is 0 Å². The first-order chi connectivity index (χ1) is 32.8. The van der Waals surface area contributed by atoms with E-state index >= 15 is 0 Å². The van der Waals surface area contributed by atoms with E-state index in [0.29, 0.717) is 0 Å². The Morgan fingerprint density at radius 1 is 0.273 bits per heavy atom. The van der Waals surface area contributed by atoms with Gasteiger partial charge in [0.05, 0.1) is 44.3 Å². The zero-order chi connectivity index (χ0) is 42.6. The number of benzene rings is 11. The molecule has 0 saturated heterocycles. The van der Waals surface area contributed by atoms with Gasteiger partial charge in [-0.1, -0.05) is 182 Å². The lowest BCUT2D eigenvalue weighted by molar-refractivity contribution is 0.743. The second kappa shape index (κ2) is 11.4. The molecule has 4 aliphatic rings. The standard InChI is InChI=1S/C64H36N2/c1-3-19-39-35-55-45(33-37(39)17-1)57-59-62-58(60-61(57)65(55)53-31-15-13-29-51(53)64(60)49-27-11-7-23-43(49)44-24-8-12-28-50(44)64)46-34-38-18-2-4-20-40(38)36-56(46)66(62)54-32-16-14-30-52(54)63(59)47-25-9-5-21-41(47)42-22-6-10-26-48(42)63/h1-36H. The normalized spacial score (nSPS) is 14.9. The molecular weight excluding hydrogens is 797 g/mol. The summed E-state index contributed by atoms with van der Waals surface area (Å²) in [7, 11) is 0. The molecule has 11 aromatic carbocycles. The second-order valence-electron chi connectivity index (χ2n) is 19.0. The molecule has 0 unspecified atom stereocenters. The molecule has 13 aromatic rings. The SMILES string of the molecule is c1ccc2c(c1)-c1ccccc1C21c2ccccc2-n2c3cc4ccccc4cc3c3c4c5c(c1c32)c1cc2ccccc2cc1n5-c1ccccc1C41c2ccccc2-c2ccccc21. The highest BCUT2D eigenvalue weighted by Crippen LogP contribution is 2.68. The largest absolute Gasteiger partial charge is 0.309 e. The maximum atomic E-state index is 2.69. The van der Waals surface area contributed by atoms with E-state index in [1.165, 1.54) is 143 Å². The van der Waals surface area contributed by atoms with Crippen molar-refractivity contribution in [3.05, 3.63) is 263 Å². The Morgan fingerprint density at radius 2 is 0.561 bits per heavy atom. The molecule has 2 aliphatic heterocycles. The van der Waals surface area contributed by atoms with Gasteiger partial charge < -0.3 is 9.13 Å². The quantitative estimate of drug-likeness (QED) is 0.144. The van der Waals surface area contributed by atoms with Crippen LogP contribution in [0.25, 0.3) is 98.8 Å². The summed E-state index contributed by atoms with van der Waals surface area (Å²) in [6, 6.07) is 83.9. The predicted molar refractivity (Wildman–Crippen MR) is 272 cm³/mol.